The normalized spacial score (nSPS) is 30.1. The minimum Gasteiger partial charge on any atom is -0.365 e. The van der Waals surface area contributed by atoms with Crippen molar-refractivity contribution in [2.24, 2.45) is 0 Å². The first-order valence-corrected chi connectivity index (χ1v) is 6.33. The lowest BCUT2D eigenvalue weighted by Crippen LogP contribution is -2.62. The van der Waals surface area contributed by atoms with Gasteiger partial charge < -0.3 is 15.0 Å². The van der Waals surface area contributed by atoms with Crippen LogP contribution in [-0.4, -0.2) is 48.7 Å². The molecule has 2 aliphatic rings. The molecule has 16 heavy (non-hydrogen) atoms. The molecular weight excluding hydrogens is 204 g/mol. The second kappa shape index (κ2) is 4.72. The number of nitrogens with zero attached hydrogens (tertiary/aromatic N) is 1. The van der Waals surface area contributed by atoms with Crippen LogP contribution in [0.3, 0.4) is 0 Å². The Balaban J connectivity index is 2.03. The summed E-state index contributed by atoms with van der Waals surface area (Å²) in [6, 6.07) is 0.383. The first kappa shape index (κ1) is 11.9. The molecule has 0 aliphatic carbocycles. The summed E-state index contributed by atoms with van der Waals surface area (Å²) in [5.74, 6) is 0.193. The first-order chi connectivity index (χ1) is 7.67. The van der Waals surface area contributed by atoms with E-state index in [0.717, 1.165) is 45.5 Å². The maximum atomic E-state index is 12.5. The second-order valence-corrected chi connectivity index (χ2v) is 4.99. The highest BCUT2D eigenvalue weighted by molar-refractivity contribution is 5.85. The molecule has 2 aliphatic heterocycles. The van der Waals surface area contributed by atoms with Crippen molar-refractivity contribution in [2.75, 3.05) is 26.2 Å². The zero-order chi connectivity index (χ0) is 11.6. The molecule has 0 saturated carbocycles. The Morgan fingerprint density at radius 1 is 1.56 bits per heavy atom. The maximum Gasteiger partial charge on any atom is 0.254 e. The summed E-state index contributed by atoms with van der Waals surface area (Å²) in [5.41, 5.74) is -0.551. The maximum absolute atomic E-state index is 12.5. The van der Waals surface area contributed by atoms with Crippen molar-refractivity contribution in [1.29, 1.82) is 0 Å². The highest BCUT2D eigenvalue weighted by Gasteiger charge is 2.43. The Morgan fingerprint density at radius 2 is 2.31 bits per heavy atom. The molecule has 1 atom stereocenters. The Kier molecular flexibility index (Phi) is 3.50. The number of amides is 1. The average Bonchev–Trinajstić information content (AvgIpc) is 2.62. The number of ether oxygens (including phenoxy) is 1. The molecule has 1 unspecified atom stereocenters. The van der Waals surface area contributed by atoms with Crippen LogP contribution in [0.25, 0.3) is 0 Å². The monoisotopic (exact) mass is 226 g/mol. The average molecular weight is 226 g/mol. The van der Waals surface area contributed by atoms with Gasteiger partial charge in [-0.2, -0.15) is 0 Å². The van der Waals surface area contributed by atoms with E-state index < -0.39 is 5.60 Å². The van der Waals surface area contributed by atoms with Crippen LogP contribution in [0.2, 0.25) is 0 Å². The van der Waals surface area contributed by atoms with E-state index in [4.69, 9.17) is 4.74 Å². The Labute approximate surface area is 97.3 Å². The van der Waals surface area contributed by atoms with Crippen LogP contribution >= 0.6 is 0 Å². The van der Waals surface area contributed by atoms with E-state index in [9.17, 15) is 4.79 Å². The van der Waals surface area contributed by atoms with E-state index >= 15 is 0 Å². The number of carbonyl (C=O) groups excluding carboxylic acids is 1. The summed E-state index contributed by atoms with van der Waals surface area (Å²) in [6.45, 7) is 7.50. The second-order valence-electron chi connectivity index (χ2n) is 4.99. The molecular formula is C12H22N2O2. The largest absolute Gasteiger partial charge is 0.365 e. The fourth-order valence-electron chi connectivity index (χ4n) is 2.44. The molecule has 0 spiro atoms. The number of rotatable bonds is 4. The van der Waals surface area contributed by atoms with Gasteiger partial charge >= 0.3 is 0 Å². The smallest absolute Gasteiger partial charge is 0.254 e. The highest BCUT2D eigenvalue weighted by Crippen LogP contribution is 2.28. The molecule has 0 aromatic heterocycles. The van der Waals surface area contributed by atoms with Crippen molar-refractivity contribution in [2.45, 2.75) is 44.8 Å². The van der Waals surface area contributed by atoms with Crippen LogP contribution in [0.4, 0.5) is 0 Å². The third-order valence-electron chi connectivity index (χ3n) is 3.60. The molecule has 92 valence electrons. The van der Waals surface area contributed by atoms with Gasteiger partial charge in [0.05, 0.1) is 6.04 Å². The van der Waals surface area contributed by atoms with Gasteiger partial charge in [0, 0.05) is 26.2 Å². The lowest BCUT2D eigenvalue weighted by molar-refractivity contribution is -0.154. The van der Waals surface area contributed by atoms with Crippen molar-refractivity contribution < 1.29 is 9.53 Å². The van der Waals surface area contributed by atoms with Crippen LogP contribution in [0.15, 0.2) is 0 Å². The summed E-state index contributed by atoms with van der Waals surface area (Å²) in [4.78, 5) is 14.5. The molecule has 2 fully saturated rings. The molecule has 2 heterocycles. The number of carbonyl (C=O) groups is 1. The molecule has 2 rings (SSSR count). The molecule has 4 nitrogen and oxygen atoms in total. The van der Waals surface area contributed by atoms with Crippen molar-refractivity contribution in [3.63, 3.8) is 0 Å². The molecule has 4 heteroatoms. The van der Waals surface area contributed by atoms with Crippen molar-refractivity contribution >= 4 is 5.91 Å². The highest BCUT2D eigenvalue weighted by atomic mass is 16.5. The number of hydrogen-bond donors (Lipinski definition) is 1. The third kappa shape index (κ3) is 2.09. The molecule has 0 radical (unpaired) electrons. The molecule has 1 amide bonds. The zero-order valence-electron chi connectivity index (χ0n) is 10.3. The van der Waals surface area contributed by atoms with Crippen molar-refractivity contribution in [1.82, 2.24) is 10.2 Å². The van der Waals surface area contributed by atoms with Gasteiger partial charge in [-0.15, -0.1) is 0 Å². The van der Waals surface area contributed by atoms with E-state index in [2.05, 4.69) is 12.2 Å². The van der Waals surface area contributed by atoms with Gasteiger partial charge in [0.25, 0.3) is 5.91 Å². The summed E-state index contributed by atoms with van der Waals surface area (Å²) in [6.07, 6.45) is 2.88. The topological polar surface area (TPSA) is 41.6 Å². The van der Waals surface area contributed by atoms with E-state index in [0.29, 0.717) is 6.04 Å². The van der Waals surface area contributed by atoms with Gasteiger partial charge in [0.15, 0.2) is 0 Å². The van der Waals surface area contributed by atoms with Gasteiger partial charge in [0.1, 0.15) is 5.60 Å². The van der Waals surface area contributed by atoms with Gasteiger partial charge in [-0.05, 0) is 26.2 Å². The van der Waals surface area contributed by atoms with Gasteiger partial charge in [-0.1, -0.05) is 6.92 Å². The van der Waals surface area contributed by atoms with E-state index in [1.165, 1.54) is 0 Å². The van der Waals surface area contributed by atoms with E-state index in [-0.39, 0.29) is 5.91 Å². The predicted molar refractivity (Wildman–Crippen MR) is 62.3 cm³/mol. The third-order valence-corrected chi connectivity index (χ3v) is 3.60. The van der Waals surface area contributed by atoms with Gasteiger partial charge in [0.2, 0.25) is 0 Å². The van der Waals surface area contributed by atoms with Crippen molar-refractivity contribution in [3.05, 3.63) is 0 Å². The first-order valence-electron chi connectivity index (χ1n) is 6.33. The SMILES string of the molecule is CCCN(C(=O)C1(C)CCCO1)C1CNC1. The Hall–Kier alpha value is -0.610. The van der Waals surface area contributed by atoms with Gasteiger partial charge in [-0.3, -0.25) is 4.79 Å². The lowest BCUT2D eigenvalue weighted by atomic mass is 9.98. The fourth-order valence-corrected chi connectivity index (χ4v) is 2.44. The minimum absolute atomic E-state index is 0.193. The van der Waals surface area contributed by atoms with Gasteiger partial charge in [-0.25, -0.2) is 0 Å². The quantitative estimate of drug-likeness (QED) is 0.769. The number of hydrogen-bond acceptors (Lipinski definition) is 3. The Morgan fingerprint density at radius 3 is 2.75 bits per heavy atom. The number of nitrogens with one attached hydrogen (secondary N) is 1. The molecule has 2 saturated heterocycles. The fraction of sp³-hybridized carbons (Fsp3) is 0.917. The summed E-state index contributed by atoms with van der Waals surface area (Å²) in [7, 11) is 0. The summed E-state index contributed by atoms with van der Waals surface area (Å²) >= 11 is 0. The molecule has 0 bridgehead atoms. The minimum atomic E-state index is -0.551. The summed E-state index contributed by atoms with van der Waals surface area (Å²) < 4.78 is 5.64. The van der Waals surface area contributed by atoms with E-state index in [1.54, 1.807) is 0 Å². The molecule has 1 N–H and O–H groups in total. The van der Waals surface area contributed by atoms with E-state index in [1.807, 2.05) is 11.8 Å². The van der Waals surface area contributed by atoms with Crippen LogP contribution in [0.5, 0.6) is 0 Å². The van der Waals surface area contributed by atoms with Crippen LogP contribution in [0.1, 0.15) is 33.1 Å². The zero-order valence-corrected chi connectivity index (χ0v) is 10.3. The van der Waals surface area contributed by atoms with Crippen LogP contribution < -0.4 is 5.32 Å². The summed E-state index contributed by atoms with van der Waals surface area (Å²) in [5, 5.41) is 3.22. The van der Waals surface area contributed by atoms with Crippen molar-refractivity contribution in [3.8, 4) is 0 Å². The predicted octanol–water partition coefficient (Wildman–Crippen LogP) is 0.766. The Bertz CT molecular complexity index is 258. The van der Waals surface area contributed by atoms with Crippen LogP contribution in [-0.2, 0) is 9.53 Å². The molecule has 0 aromatic rings. The molecule has 0 aromatic carbocycles. The lowest BCUT2D eigenvalue weighted by Gasteiger charge is -2.41. The standard InChI is InChI=1S/C12H22N2O2/c1-3-6-14(10-8-13-9-10)11(15)12(2)5-4-7-16-12/h10,13H,3-9H2,1-2H3. The van der Waals surface area contributed by atoms with Crippen LogP contribution in [0, 0.1) is 0 Å².